The van der Waals surface area contributed by atoms with E-state index in [2.05, 4.69) is 51.2 Å². The van der Waals surface area contributed by atoms with Crippen molar-refractivity contribution in [2.75, 3.05) is 6.54 Å². The van der Waals surface area contributed by atoms with Gasteiger partial charge in [-0.05, 0) is 103 Å². The first-order valence-corrected chi connectivity index (χ1v) is 12.2. The Kier molecular flexibility index (Phi) is 6.37. The van der Waals surface area contributed by atoms with E-state index < -0.39 is 0 Å². The molecular weight excluding hydrogens is 406 g/mol. The van der Waals surface area contributed by atoms with Crippen molar-refractivity contribution in [3.05, 3.63) is 46.0 Å². The van der Waals surface area contributed by atoms with Crippen LogP contribution < -0.4 is 5.32 Å². The average molecular weight is 446 g/mol. The van der Waals surface area contributed by atoms with Crippen molar-refractivity contribution < 1.29 is 10.2 Å². The molecule has 1 aromatic carbocycles. The maximum Gasteiger partial charge on any atom is 0.0702 e. The minimum atomic E-state index is -0.265. The second-order valence-electron chi connectivity index (χ2n) is 11.2. The van der Waals surface area contributed by atoms with Gasteiger partial charge in [-0.25, -0.2) is 0 Å². The second kappa shape index (κ2) is 8.48. The summed E-state index contributed by atoms with van der Waals surface area (Å²) >= 11 is 0. The molecule has 1 aliphatic heterocycles. The van der Waals surface area contributed by atoms with Gasteiger partial charge in [0.15, 0.2) is 0 Å². The van der Waals surface area contributed by atoms with E-state index >= 15 is 0 Å². The van der Waals surface area contributed by atoms with Gasteiger partial charge in [0.1, 0.15) is 0 Å². The van der Waals surface area contributed by atoms with Crippen LogP contribution in [-0.4, -0.2) is 35.0 Å². The fraction of sp³-hybridized carbons (Fsp3) is 0.704. The zero-order valence-electron chi connectivity index (χ0n) is 19.5. The van der Waals surface area contributed by atoms with Crippen LogP contribution in [-0.2, 0) is 6.42 Å². The highest BCUT2D eigenvalue weighted by Crippen LogP contribution is 2.60. The van der Waals surface area contributed by atoms with Crippen molar-refractivity contribution in [3.8, 4) is 0 Å². The van der Waals surface area contributed by atoms with Crippen molar-refractivity contribution >= 4 is 12.4 Å². The quantitative estimate of drug-likeness (QED) is 0.560. The molecule has 5 rings (SSSR count). The molecule has 1 saturated heterocycles. The fourth-order valence-electron chi connectivity index (χ4n) is 7.49. The van der Waals surface area contributed by atoms with Crippen LogP contribution in [0.2, 0.25) is 0 Å². The minimum Gasteiger partial charge on any atom is -0.393 e. The Balaban J connectivity index is 0.00000231. The molecule has 172 valence electrons. The zero-order valence-corrected chi connectivity index (χ0v) is 20.3. The monoisotopic (exact) mass is 445 g/mol. The Morgan fingerprint density at radius 1 is 1.19 bits per heavy atom. The second-order valence-corrected chi connectivity index (χ2v) is 11.2. The number of hydrogen-bond acceptors (Lipinski definition) is 3. The Morgan fingerprint density at radius 3 is 2.71 bits per heavy atom. The standard InChI is InChI=1S/C27H39NO2.ClH/c1-15-11-25(30)26(28-14-15)17(3)20-7-8-21-22-6-5-18-12-19(29)9-10-27(18,4)24(22)13-23(21)16(20)2;/h5,7-8,15,17,19,22,24-26,28-30H,6,9-14H2,1-4H3;1H. The van der Waals surface area contributed by atoms with E-state index in [0.717, 1.165) is 38.6 Å². The Hall–Kier alpha value is -0.870. The van der Waals surface area contributed by atoms with Crippen molar-refractivity contribution in [2.24, 2.45) is 17.3 Å². The summed E-state index contributed by atoms with van der Waals surface area (Å²) in [6.07, 6.45) is 8.20. The number of aliphatic hydroxyl groups is 2. The summed E-state index contributed by atoms with van der Waals surface area (Å²) in [7, 11) is 0. The first-order valence-electron chi connectivity index (χ1n) is 12.2. The lowest BCUT2D eigenvalue weighted by Crippen LogP contribution is -2.50. The molecule has 2 fully saturated rings. The van der Waals surface area contributed by atoms with Gasteiger partial charge in [0.2, 0.25) is 0 Å². The minimum absolute atomic E-state index is 0. The Morgan fingerprint density at radius 2 is 1.97 bits per heavy atom. The molecule has 8 unspecified atom stereocenters. The topological polar surface area (TPSA) is 52.5 Å². The molecule has 1 saturated carbocycles. The van der Waals surface area contributed by atoms with E-state index in [4.69, 9.17) is 0 Å². The number of aliphatic hydroxyl groups excluding tert-OH is 2. The molecule has 4 aliphatic rings. The van der Waals surface area contributed by atoms with Crippen LogP contribution >= 0.6 is 12.4 Å². The lowest BCUT2D eigenvalue weighted by Gasteiger charge is -2.48. The molecule has 31 heavy (non-hydrogen) atoms. The van der Waals surface area contributed by atoms with Crippen molar-refractivity contribution in [1.82, 2.24) is 5.32 Å². The van der Waals surface area contributed by atoms with E-state index in [1.165, 1.54) is 23.1 Å². The lowest BCUT2D eigenvalue weighted by atomic mass is 9.57. The third-order valence-electron chi connectivity index (χ3n) is 9.40. The third-order valence-corrected chi connectivity index (χ3v) is 9.40. The van der Waals surface area contributed by atoms with Gasteiger partial charge in [-0.2, -0.15) is 0 Å². The van der Waals surface area contributed by atoms with Gasteiger partial charge in [0.25, 0.3) is 0 Å². The van der Waals surface area contributed by atoms with E-state index in [1.54, 1.807) is 11.1 Å². The summed E-state index contributed by atoms with van der Waals surface area (Å²) in [5.41, 5.74) is 7.79. The molecule has 3 nitrogen and oxygen atoms in total. The molecule has 1 heterocycles. The molecule has 3 aliphatic carbocycles. The van der Waals surface area contributed by atoms with E-state index in [0.29, 0.717) is 23.7 Å². The summed E-state index contributed by atoms with van der Waals surface area (Å²) < 4.78 is 0. The average Bonchev–Trinajstić information content (AvgIpc) is 3.09. The van der Waals surface area contributed by atoms with E-state index in [-0.39, 0.29) is 36.1 Å². The summed E-state index contributed by atoms with van der Waals surface area (Å²) in [4.78, 5) is 0. The van der Waals surface area contributed by atoms with Crippen molar-refractivity contribution in [1.29, 1.82) is 0 Å². The van der Waals surface area contributed by atoms with Gasteiger partial charge in [-0.1, -0.05) is 44.6 Å². The smallest absolute Gasteiger partial charge is 0.0702 e. The van der Waals surface area contributed by atoms with Crippen LogP contribution in [0.4, 0.5) is 0 Å². The summed E-state index contributed by atoms with van der Waals surface area (Å²) in [5, 5.41) is 24.6. The first-order chi connectivity index (χ1) is 14.3. The van der Waals surface area contributed by atoms with Gasteiger partial charge in [0, 0.05) is 6.04 Å². The molecule has 0 spiro atoms. The molecule has 0 radical (unpaired) electrons. The Bertz CT molecular complexity index is 867. The number of benzene rings is 1. The number of allylic oxidation sites excluding steroid dienone is 1. The van der Waals surface area contributed by atoms with E-state index in [9.17, 15) is 10.2 Å². The highest BCUT2D eigenvalue weighted by Gasteiger charge is 2.50. The van der Waals surface area contributed by atoms with Gasteiger partial charge in [-0.15, -0.1) is 12.4 Å². The lowest BCUT2D eigenvalue weighted by molar-refractivity contribution is 0.0656. The molecule has 0 amide bonds. The van der Waals surface area contributed by atoms with Gasteiger partial charge >= 0.3 is 0 Å². The third kappa shape index (κ3) is 3.70. The first kappa shape index (κ1) is 23.3. The highest BCUT2D eigenvalue weighted by molar-refractivity contribution is 5.85. The zero-order chi connectivity index (χ0) is 21.2. The number of nitrogens with one attached hydrogen (secondary N) is 1. The maximum atomic E-state index is 10.7. The van der Waals surface area contributed by atoms with Crippen molar-refractivity contribution in [2.45, 2.75) is 96.3 Å². The number of rotatable bonds is 2. The number of halogens is 1. The van der Waals surface area contributed by atoms with Crippen LogP contribution in [0.15, 0.2) is 23.8 Å². The van der Waals surface area contributed by atoms with Crippen LogP contribution in [0.25, 0.3) is 0 Å². The number of fused-ring (bicyclic) bond motifs is 5. The SMILES string of the molecule is Cc1c(C(C)C2NCC(C)CC2O)ccc2c1CC1C2CC=C2CC(O)CCC21C.Cl. The van der Waals surface area contributed by atoms with Gasteiger partial charge in [-0.3, -0.25) is 0 Å². The largest absolute Gasteiger partial charge is 0.393 e. The predicted molar refractivity (Wildman–Crippen MR) is 129 cm³/mol. The molecule has 0 aromatic heterocycles. The van der Waals surface area contributed by atoms with Gasteiger partial charge in [0.05, 0.1) is 12.2 Å². The molecular formula is C27H40ClNO2. The van der Waals surface area contributed by atoms with Crippen LogP contribution in [0.5, 0.6) is 0 Å². The molecule has 0 bridgehead atoms. The van der Waals surface area contributed by atoms with Crippen LogP contribution in [0.3, 0.4) is 0 Å². The van der Waals surface area contributed by atoms with Crippen molar-refractivity contribution in [3.63, 3.8) is 0 Å². The normalized spacial score (nSPS) is 40.1. The Labute approximate surface area is 194 Å². The molecule has 1 aromatic rings. The summed E-state index contributed by atoms with van der Waals surface area (Å²) in [5.74, 6) is 2.16. The fourth-order valence-corrected chi connectivity index (χ4v) is 7.49. The molecule has 8 atom stereocenters. The summed E-state index contributed by atoms with van der Waals surface area (Å²) in [6.45, 7) is 10.3. The maximum absolute atomic E-state index is 10.7. The van der Waals surface area contributed by atoms with Crippen LogP contribution in [0.1, 0.15) is 87.0 Å². The molecule has 3 N–H and O–H groups in total. The van der Waals surface area contributed by atoms with E-state index in [1.807, 2.05) is 0 Å². The van der Waals surface area contributed by atoms with Gasteiger partial charge < -0.3 is 15.5 Å². The predicted octanol–water partition coefficient (Wildman–Crippen LogP) is 5.02. The summed E-state index contributed by atoms with van der Waals surface area (Å²) in [6, 6.07) is 4.92. The van der Waals surface area contributed by atoms with Crippen LogP contribution in [0, 0.1) is 24.2 Å². The number of hydrogen-bond donors (Lipinski definition) is 3. The highest BCUT2D eigenvalue weighted by atomic mass is 35.5. The number of piperidine rings is 1. The molecule has 4 heteroatoms.